The van der Waals surface area contributed by atoms with Crippen molar-refractivity contribution in [1.29, 1.82) is 5.26 Å². The molecule has 1 saturated heterocycles. The highest BCUT2D eigenvalue weighted by Gasteiger charge is 2.30. The minimum absolute atomic E-state index is 0.0105. The number of phenolic OH excluding ortho intramolecular Hbond substituents is 1. The van der Waals surface area contributed by atoms with Crippen LogP contribution in [0.25, 0.3) is 44.8 Å². The Hall–Kier alpha value is -4.95. The van der Waals surface area contributed by atoms with Gasteiger partial charge in [0.05, 0.1) is 42.2 Å². The van der Waals surface area contributed by atoms with Crippen molar-refractivity contribution in [1.82, 2.24) is 24.0 Å². The quantitative estimate of drug-likeness (QED) is 0.290. The van der Waals surface area contributed by atoms with Crippen molar-refractivity contribution in [2.45, 2.75) is 38.0 Å². The molecular formula is C33H32FN7O3. The number of rotatable bonds is 6. The predicted octanol–water partition coefficient (Wildman–Crippen LogP) is 4.76. The van der Waals surface area contributed by atoms with E-state index < -0.39 is 12.2 Å². The van der Waals surface area contributed by atoms with E-state index in [0.717, 1.165) is 41.6 Å². The van der Waals surface area contributed by atoms with E-state index in [1.165, 1.54) is 11.0 Å². The summed E-state index contributed by atoms with van der Waals surface area (Å²) in [7, 11) is 3.47. The minimum atomic E-state index is -1.15. The smallest absolute Gasteiger partial charge is 0.254 e. The molecule has 7 rings (SSSR count). The number of amides is 1. The van der Waals surface area contributed by atoms with Gasteiger partial charge >= 0.3 is 0 Å². The Morgan fingerprint density at radius 1 is 1.16 bits per heavy atom. The average molecular weight is 594 g/mol. The zero-order valence-corrected chi connectivity index (χ0v) is 24.5. The molecule has 3 N–H and O–H groups in total. The van der Waals surface area contributed by atoms with Gasteiger partial charge in [-0.25, -0.2) is 14.4 Å². The molecule has 224 valence electrons. The first-order chi connectivity index (χ1) is 21.2. The number of piperidine rings is 1. The number of ether oxygens (including phenoxy) is 1. The number of nitrogens with zero attached hydrogens (tertiary/aromatic N) is 6. The fraction of sp³-hybridized carbons (Fsp3) is 0.333. The summed E-state index contributed by atoms with van der Waals surface area (Å²) in [5, 5.41) is 20.5. The lowest BCUT2D eigenvalue weighted by Crippen LogP contribution is -2.50. The number of aryl methyl sites for hydroxylation is 1. The second-order valence-electron chi connectivity index (χ2n) is 11.9. The molecule has 5 aromatic rings. The van der Waals surface area contributed by atoms with E-state index in [0.29, 0.717) is 51.9 Å². The number of likely N-dealkylation sites (tertiary alicyclic amines) is 1. The molecule has 0 bridgehead atoms. The molecule has 44 heavy (non-hydrogen) atoms. The van der Waals surface area contributed by atoms with Gasteiger partial charge in [0, 0.05) is 42.7 Å². The van der Waals surface area contributed by atoms with Gasteiger partial charge in [0.1, 0.15) is 28.8 Å². The van der Waals surface area contributed by atoms with Crippen LogP contribution in [-0.4, -0.2) is 67.4 Å². The highest BCUT2D eigenvalue weighted by Crippen LogP contribution is 2.38. The van der Waals surface area contributed by atoms with Crippen LogP contribution in [0.2, 0.25) is 0 Å². The number of pyridine rings is 1. The van der Waals surface area contributed by atoms with Gasteiger partial charge in [-0.3, -0.25) is 4.79 Å². The zero-order valence-electron chi connectivity index (χ0n) is 24.5. The number of benzene rings is 2. The van der Waals surface area contributed by atoms with E-state index in [2.05, 4.69) is 16.7 Å². The molecule has 0 unspecified atom stereocenters. The number of alkyl halides is 1. The number of phenols is 1. The van der Waals surface area contributed by atoms with Crippen molar-refractivity contribution < 1.29 is 19.0 Å². The molecule has 1 aliphatic carbocycles. The Morgan fingerprint density at radius 3 is 2.70 bits per heavy atom. The third-order valence-corrected chi connectivity index (χ3v) is 8.63. The molecule has 1 amide bonds. The highest BCUT2D eigenvalue weighted by molar-refractivity contribution is 6.00. The first-order valence-electron chi connectivity index (χ1n) is 14.7. The summed E-state index contributed by atoms with van der Waals surface area (Å²) in [6, 6.07) is 15.8. The lowest BCUT2D eigenvalue weighted by atomic mass is 10.0. The predicted molar refractivity (Wildman–Crippen MR) is 164 cm³/mol. The van der Waals surface area contributed by atoms with Gasteiger partial charge in [-0.05, 0) is 73.7 Å². The third-order valence-electron chi connectivity index (χ3n) is 8.63. The van der Waals surface area contributed by atoms with Gasteiger partial charge < -0.3 is 29.6 Å². The topological polar surface area (TPSA) is 135 Å². The number of aromatic nitrogens is 4. The number of imidazole rings is 1. The molecule has 1 aliphatic heterocycles. The Kier molecular flexibility index (Phi) is 6.74. The Labute approximate surface area is 253 Å². The van der Waals surface area contributed by atoms with Crippen LogP contribution < -0.4 is 10.5 Å². The number of fused-ring (bicyclic) bond motifs is 2. The summed E-state index contributed by atoms with van der Waals surface area (Å²) >= 11 is 0. The van der Waals surface area contributed by atoms with Crippen LogP contribution in [0.15, 0.2) is 48.5 Å². The summed E-state index contributed by atoms with van der Waals surface area (Å²) in [5.41, 5.74) is 11.0. The van der Waals surface area contributed by atoms with E-state index in [1.807, 2.05) is 23.7 Å². The van der Waals surface area contributed by atoms with E-state index in [9.17, 15) is 19.6 Å². The Morgan fingerprint density at radius 2 is 1.98 bits per heavy atom. The number of methoxy groups -OCH3 is 1. The molecule has 0 radical (unpaired) electrons. The van der Waals surface area contributed by atoms with E-state index in [-0.39, 0.29) is 24.6 Å². The van der Waals surface area contributed by atoms with Crippen molar-refractivity contribution >= 4 is 28.0 Å². The van der Waals surface area contributed by atoms with Crippen LogP contribution in [-0.2, 0) is 13.6 Å². The van der Waals surface area contributed by atoms with Crippen LogP contribution in [0, 0.1) is 17.2 Å². The number of hydrogen-bond donors (Lipinski definition) is 2. The molecule has 3 aromatic heterocycles. The van der Waals surface area contributed by atoms with Crippen LogP contribution in [0.4, 0.5) is 4.39 Å². The molecule has 2 fully saturated rings. The average Bonchev–Trinajstić information content (AvgIpc) is 3.68. The normalized spacial score (nSPS) is 18.6. The number of aromatic hydroxyl groups is 1. The lowest BCUT2D eigenvalue weighted by Gasteiger charge is -2.33. The maximum atomic E-state index is 14.3. The molecule has 2 aliphatic rings. The molecule has 4 heterocycles. The van der Waals surface area contributed by atoms with E-state index in [1.54, 1.807) is 31.4 Å². The van der Waals surface area contributed by atoms with E-state index >= 15 is 0 Å². The standard InChI is InChI=1S/C33H32FN7O3/c1-39-30-27(10-20(12-29(30)44-2)33(43)40-16-22(34)13-23(36)17-40)38-32(39)28-11-19-5-8-26(25-7-6-24(42)9-21(25)14-35)37-31(19)41(28)15-18-3-4-18/h5-12,18,22-23,42H,3-4,13,15-17,36H2,1-2H3/t22-,23-/m1/s1. The van der Waals surface area contributed by atoms with Gasteiger partial charge in [-0.1, -0.05) is 0 Å². The number of carbonyl (C=O) groups is 1. The molecule has 2 aromatic carbocycles. The van der Waals surface area contributed by atoms with Gasteiger partial charge in [0.25, 0.3) is 5.91 Å². The Balaban J connectivity index is 1.35. The Bertz CT molecular complexity index is 1980. The third kappa shape index (κ3) is 4.81. The first-order valence-corrected chi connectivity index (χ1v) is 14.7. The largest absolute Gasteiger partial charge is 0.508 e. The van der Waals surface area contributed by atoms with Crippen molar-refractivity contribution in [3.05, 3.63) is 59.7 Å². The summed E-state index contributed by atoms with van der Waals surface area (Å²) in [6.07, 6.45) is 1.36. The number of hydrogen-bond acceptors (Lipinski definition) is 7. The SMILES string of the molecule is COc1cc(C(=O)N2C[C@H](N)C[C@@H](F)C2)cc2nc(-c3cc4ccc(-c5ccc(O)cc5C#N)nc4n3CC3CC3)n(C)c12. The van der Waals surface area contributed by atoms with Gasteiger partial charge in [-0.2, -0.15) is 5.26 Å². The second kappa shape index (κ2) is 10.6. The number of nitriles is 1. The first kappa shape index (κ1) is 27.9. The van der Waals surface area contributed by atoms with Crippen LogP contribution in [0.5, 0.6) is 11.5 Å². The number of nitrogens with two attached hydrogens (primary N) is 1. The summed E-state index contributed by atoms with van der Waals surface area (Å²) in [6.45, 7) is 1.07. The van der Waals surface area contributed by atoms with Crippen LogP contribution in [0.1, 0.15) is 35.2 Å². The molecular weight excluding hydrogens is 561 g/mol. The van der Waals surface area contributed by atoms with Crippen LogP contribution >= 0.6 is 0 Å². The molecule has 2 atom stereocenters. The number of halogens is 1. The maximum Gasteiger partial charge on any atom is 0.254 e. The fourth-order valence-corrected chi connectivity index (χ4v) is 6.30. The van der Waals surface area contributed by atoms with Gasteiger partial charge in [0.15, 0.2) is 5.82 Å². The van der Waals surface area contributed by atoms with Crippen LogP contribution in [0.3, 0.4) is 0 Å². The summed E-state index contributed by atoms with van der Waals surface area (Å²) in [4.78, 5) is 24.9. The summed E-state index contributed by atoms with van der Waals surface area (Å²) < 4.78 is 24.1. The minimum Gasteiger partial charge on any atom is -0.508 e. The maximum absolute atomic E-state index is 14.3. The molecule has 0 spiro atoms. The monoisotopic (exact) mass is 593 g/mol. The van der Waals surface area contributed by atoms with E-state index in [4.69, 9.17) is 20.4 Å². The van der Waals surface area contributed by atoms with Gasteiger partial charge in [0.2, 0.25) is 0 Å². The highest BCUT2D eigenvalue weighted by atomic mass is 19.1. The zero-order chi connectivity index (χ0) is 30.7. The van der Waals surface area contributed by atoms with Crippen molar-refractivity contribution in [3.8, 4) is 40.3 Å². The van der Waals surface area contributed by atoms with Crippen molar-refractivity contribution in [3.63, 3.8) is 0 Å². The molecule has 11 heteroatoms. The van der Waals surface area contributed by atoms with Crippen molar-refractivity contribution in [2.24, 2.45) is 18.7 Å². The molecule has 1 saturated carbocycles. The second-order valence-corrected chi connectivity index (χ2v) is 11.9. The number of carbonyl (C=O) groups excluding carboxylic acids is 1. The van der Waals surface area contributed by atoms with Crippen molar-refractivity contribution in [2.75, 3.05) is 20.2 Å². The lowest BCUT2D eigenvalue weighted by molar-refractivity contribution is 0.0606. The van der Waals surface area contributed by atoms with Gasteiger partial charge in [-0.15, -0.1) is 0 Å². The summed E-state index contributed by atoms with van der Waals surface area (Å²) in [5.74, 6) is 1.43. The molecule has 10 nitrogen and oxygen atoms in total. The fourth-order valence-electron chi connectivity index (χ4n) is 6.30.